The molecule has 19 heavy (non-hydrogen) atoms. The van der Waals surface area contributed by atoms with Crippen LogP contribution in [-0.2, 0) is 13.5 Å². The van der Waals surface area contributed by atoms with Crippen molar-refractivity contribution in [2.75, 3.05) is 10.7 Å². The normalized spacial score (nSPS) is 12.2. The van der Waals surface area contributed by atoms with Gasteiger partial charge in [-0.3, -0.25) is 4.68 Å². The number of hydrogen-bond donors (Lipinski definition) is 0. The van der Waals surface area contributed by atoms with Crippen LogP contribution in [0.25, 0.3) is 10.9 Å². The van der Waals surface area contributed by atoms with Crippen LogP contribution in [0.1, 0.15) is 25.5 Å². The third-order valence-electron chi connectivity index (χ3n) is 3.72. The summed E-state index contributed by atoms with van der Waals surface area (Å²) in [4.78, 5) is 0. The third kappa shape index (κ3) is 3.05. The minimum Gasteiger partial charge on any atom is -0.268 e. The zero-order valence-corrected chi connectivity index (χ0v) is 14.7. The van der Waals surface area contributed by atoms with Gasteiger partial charge < -0.3 is 0 Å². The van der Waals surface area contributed by atoms with Crippen molar-refractivity contribution in [3.05, 3.63) is 30.0 Å². The van der Waals surface area contributed by atoms with Crippen molar-refractivity contribution in [3.8, 4) is 0 Å². The van der Waals surface area contributed by atoms with Crippen molar-refractivity contribution in [2.45, 2.75) is 26.2 Å². The van der Waals surface area contributed by atoms with E-state index in [1.807, 2.05) is 11.7 Å². The van der Waals surface area contributed by atoms with Crippen LogP contribution in [0, 0.1) is 5.41 Å². The summed E-state index contributed by atoms with van der Waals surface area (Å²) >= 11 is 7.40. The number of halogens is 2. The molecule has 0 aliphatic rings. The van der Waals surface area contributed by atoms with Crippen LogP contribution in [0.15, 0.2) is 24.3 Å². The minimum absolute atomic E-state index is 0.256. The highest BCUT2D eigenvalue weighted by Crippen LogP contribution is 2.34. The number of aryl methyl sites for hydroxylation is 1. The number of aromatic nitrogens is 2. The van der Waals surface area contributed by atoms with Crippen molar-refractivity contribution in [2.24, 2.45) is 12.5 Å². The zero-order valence-electron chi connectivity index (χ0n) is 11.5. The molecule has 104 valence electrons. The molecule has 0 aliphatic carbocycles. The Morgan fingerprint density at radius 2 is 1.89 bits per heavy atom. The Morgan fingerprint density at radius 3 is 2.53 bits per heavy atom. The van der Waals surface area contributed by atoms with Gasteiger partial charge in [0, 0.05) is 23.1 Å². The van der Waals surface area contributed by atoms with E-state index in [1.54, 1.807) is 0 Å². The Bertz CT molecular complexity index is 544. The zero-order chi connectivity index (χ0) is 13.9. The summed E-state index contributed by atoms with van der Waals surface area (Å²) in [6, 6.07) is 8.48. The fourth-order valence-corrected chi connectivity index (χ4v) is 4.54. The summed E-state index contributed by atoms with van der Waals surface area (Å²) in [5, 5.41) is 8.02. The maximum absolute atomic E-state index is 4.73. The molecule has 0 spiro atoms. The van der Waals surface area contributed by atoms with E-state index < -0.39 is 0 Å². The second kappa shape index (κ2) is 6.40. The molecule has 0 saturated carbocycles. The number of benzene rings is 1. The Balaban J connectivity index is 2.39. The standard InChI is InChI=1S/C15H20Br2N2/c1-3-8-15(10-16,11-17)9-13-12-6-4-5-7-14(12)19(2)18-13/h4-7H,3,8-11H2,1-2H3. The van der Waals surface area contributed by atoms with Gasteiger partial charge >= 0.3 is 0 Å². The maximum atomic E-state index is 4.73. The highest BCUT2D eigenvalue weighted by molar-refractivity contribution is 9.09. The summed E-state index contributed by atoms with van der Waals surface area (Å²) < 4.78 is 1.99. The van der Waals surface area contributed by atoms with Crippen molar-refractivity contribution >= 4 is 42.8 Å². The fourth-order valence-electron chi connectivity index (χ4n) is 2.66. The lowest BCUT2D eigenvalue weighted by Gasteiger charge is -2.29. The van der Waals surface area contributed by atoms with E-state index >= 15 is 0 Å². The number of fused-ring (bicyclic) bond motifs is 1. The number of para-hydroxylation sites is 1. The maximum Gasteiger partial charge on any atom is 0.0709 e. The first-order valence-electron chi connectivity index (χ1n) is 6.68. The molecular weight excluding hydrogens is 368 g/mol. The lowest BCUT2D eigenvalue weighted by molar-refractivity contribution is 0.348. The molecule has 0 N–H and O–H groups in total. The second-order valence-electron chi connectivity index (χ2n) is 5.28. The smallest absolute Gasteiger partial charge is 0.0709 e. The molecule has 0 fully saturated rings. The van der Waals surface area contributed by atoms with Gasteiger partial charge in [-0.15, -0.1) is 0 Å². The molecule has 1 aromatic heterocycles. The molecule has 2 rings (SSSR count). The van der Waals surface area contributed by atoms with Gasteiger partial charge in [-0.1, -0.05) is 63.4 Å². The van der Waals surface area contributed by atoms with Gasteiger partial charge in [0.15, 0.2) is 0 Å². The molecule has 0 aliphatic heterocycles. The van der Waals surface area contributed by atoms with Crippen LogP contribution >= 0.6 is 31.9 Å². The van der Waals surface area contributed by atoms with Crippen LogP contribution in [-0.4, -0.2) is 20.4 Å². The first-order chi connectivity index (χ1) is 9.15. The second-order valence-corrected chi connectivity index (χ2v) is 6.40. The molecule has 0 bridgehead atoms. The van der Waals surface area contributed by atoms with Crippen molar-refractivity contribution in [3.63, 3.8) is 0 Å². The predicted octanol–water partition coefficient (Wildman–Crippen LogP) is 4.69. The fraction of sp³-hybridized carbons (Fsp3) is 0.533. The molecule has 0 unspecified atom stereocenters. The molecule has 0 radical (unpaired) electrons. The van der Waals surface area contributed by atoms with Crippen LogP contribution < -0.4 is 0 Å². The van der Waals surface area contributed by atoms with E-state index in [0.717, 1.165) is 17.1 Å². The van der Waals surface area contributed by atoms with E-state index in [-0.39, 0.29) is 5.41 Å². The van der Waals surface area contributed by atoms with Gasteiger partial charge in [0.2, 0.25) is 0 Å². The molecule has 1 heterocycles. The topological polar surface area (TPSA) is 17.8 Å². The molecule has 0 amide bonds. The van der Waals surface area contributed by atoms with E-state index in [1.165, 1.54) is 29.4 Å². The van der Waals surface area contributed by atoms with E-state index in [2.05, 4.69) is 63.0 Å². The summed E-state index contributed by atoms with van der Waals surface area (Å²) in [5.74, 6) is 0. The number of alkyl halides is 2. The van der Waals surface area contributed by atoms with E-state index in [4.69, 9.17) is 5.10 Å². The Morgan fingerprint density at radius 1 is 1.21 bits per heavy atom. The molecule has 0 atom stereocenters. The third-order valence-corrected chi connectivity index (χ3v) is 6.10. The van der Waals surface area contributed by atoms with Gasteiger partial charge in [0.05, 0.1) is 11.2 Å². The lowest BCUT2D eigenvalue weighted by Crippen LogP contribution is -2.27. The average molecular weight is 388 g/mol. The number of hydrogen-bond acceptors (Lipinski definition) is 1. The van der Waals surface area contributed by atoms with Gasteiger partial charge in [0.1, 0.15) is 0 Å². The highest BCUT2D eigenvalue weighted by atomic mass is 79.9. The molecule has 2 nitrogen and oxygen atoms in total. The number of nitrogens with zero attached hydrogens (tertiary/aromatic N) is 2. The Labute approximate surface area is 131 Å². The molecule has 0 saturated heterocycles. The van der Waals surface area contributed by atoms with Gasteiger partial charge in [-0.25, -0.2) is 0 Å². The van der Waals surface area contributed by atoms with Gasteiger partial charge in [0.25, 0.3) is 0 Å². The van der Waals surface area contributed by atoms with Gasteiger partial charge in [-0.05, 0) is 24.3 Å². The van der Waals surface area contributed by atoms with E-state index in [0.29, 0.717) is 0 Å². The molecule has 2 aromatic rings. The Kier molecular flexibility index (Phi) is 5.07. The SMILES string of the molecule is CCCC(CBr)(CBr)Cc1nn(C)c2ccccc12. The largest absolute Gasteiger partial charge is 0.268 e. The summed E-state index contributed by atoms with van der Waals surface area (Å²) in [6.45, 7) is 2.25. The summed E-state index contributed by atoms with van der Waals surface area (Å²) in [6.07, 6.45) is 3.41. The molecule has 1 aromatic carbocycles. The molecule has 4 heteroatoms. The molecular formula is C15H20Br2N2. The van der Waals surface area contributed by atoms with Crippen molar-refractivity contribution in [1.82, 2.24) is 9.78 Å². The van der Waals surface area contributed by atoms with E-state index in [9.17, 15) is 0 Å². The quantitative estimate of drug-likeness (QED) is 0.657. The van der Waals surface area contributed by atoms with Crippen LogP contribution in [0.3, 0.4) is 0 Å². The van der Waals surface area contributed by atoms with Gasteiger partial charge in [-0.2, -0.15) is 5.10 Å². The number of rotatable bonds is 6. The minimum atomic E-state index is 0.256. The lowest BCUT2D eigenvalue weighted by atomic mass is 9.82. The summed E-state index contributed by atoms with van der Waals surface area (Å²) in [7, 11) is 2.02. The van der Waals surface area contributed by atoms with Crippen LogP contribution in [0.2, 0.25) is 0 Å². The Hall–Kier alpha value is -0.350. The highest BCUT2D eigenvalue weighted by Gasteiger charge is 2.29. The first kappa shape index (κ1) is 15.0. The van der Waals surface area contributed by atoms with Crippen LogP contribution in [0.4, 0.5) is 0 Å². The van der Waals surface area contributed by atoms with Crippen molar-refractivity contribution in [1.29, 1.82) is 0 Å². The monoisotopic (exact) mass is 386 g/mol. The predicted molar refractivity (Wildman–Crippen MR) is 89.3 cm³/mol. The first-order valence-corrected chi connectivity index (χ1v) is 8.92. The van der Waals surface area contributed by atoms with Crippen molar-refractivity contribution < 1.29 is 0 Å². The van der Waals surface area contributed by atoms with Crippen LogP contribution in [0.5, 0.6) is 0 Å². The summed E-state index contributed by atoms with van der Waals surface area (Å²) in [5.41, 5.74) is 2.68. The average Bonchev–Trinajstić information content (AvgIpc) is 2.75.